The Morgan fingerprint density at radius 3 is 2.60 bits per heavy atom. The maximum absolute atomic E-state index is 15.0. The fourth-order valence-electron chi connectivity index (χ4n) is 4.94. The fourth-order valence-corrected chi connectivity index (χ4v) is 6.15. The fraction of sp³-hybridized carbons (Fsp3) is 0.517. The first-order valence-corrected chi connectivity index (χ1v) is 16.1. The molecule has 0 saturated carbocycles. The summed E-state index contributed by atoms with van der Waals surface area (Å²) in [5.41, 5.74) is -0.484. The van der Waals surface area contributed by atoms with Crippen LogP contribution in [-0.4, -0.2) is 74.3 Å². The highest BCUT2D eigenvalue weighted by atomic mass is 31.2. The van der Waals surface area contributed by atoms with Gasteiger partial charge in [-0.05, 0) is 30.2 Å². The second-order valence-electron chi connectivity index (χ2n) is 11.2. The van der Waals surface area contributed by atoms with E-state index >= 15 is 8.78 Å². The van der Waals surface area contributed by atoms with Crippen LogP contribution in [0.15, 0.2) is 39.7 Å². The van der Waals surface area contributed by atoms with E-state index in [9.17, 15) is 34.1 Å². The Balaban J connectivity index is 1.38. The largest absolute Gasteiger partial charge is 0.497 e. The molecule has 258 valence electrons. The van der Waals surface area contributed by atoms with Crippen molar-refractivity contribution in [2.75, 3.05) is 13.7 Å². The molecule has 0 spiro atoms. The van der Waals surface area contributed by atoms with E-state index in [4.69, 9.17) is 23.2 Å². The number of benzene rings is 1. The van der Waals surface area contributed by atoms with E-state index in [1.165, 1.54) is 7.11 Å². The molecule has 15 nitrogen and oxygen atoms in total. The molecule has 2 unspecified atom stereocenters. The number of ether oxygens (including phenoxy) is 3. The first-order chi connectivity index (χ1) is 22.1. The summed E-state index contributed by atoms with van der Waals surface area (Å²) in [6.45, 7) is 3.26. The van der Waals surface area contributed by atoms with Gasteiger partial charge in [0.25, 0.3) is 0 Å². The Hall–Kier alpha value is -3.57. The number of rotatable bonds is 15. The van der Waals surface area contributed by atoms with Crippen molar-refractivity contribution in [3.8, 4) is 5.75 Å². The topological polar surface area (TPSA) is 209 Å². The zero-order valence-corrected chi connectivity index (χ0v) is 26.8. The Labute approximate surface area is 267 Å². The molecule has 0 amide bonds. The molecule has 0 aliphatic carbocycles. The molecule has 18 heteroatoms. The monoisotopic (exact) mass is 687 g/mol. The first kappa shape index (κ1) is 36.3. The number of aromatic nitrogens is 2. The SMILES string of the molecule is CCC(=O)[C@@H](NP(=O)(O)OCC1O[C@@H](n2ccc(CC(=O)OCc3cc4cc(OC)cc(CO)c4o3)nc2=O)C(F)(F)[C@@H]1O)C(C)C. The molecule has 0 bridgehead atoms. The number of nitrogens with zero attached hydrogens (tertiary/aromatic N) is 2. The van der Waals surface area contributed by atoms with Crippen molar-refractivity contribution in [2.45, 2.75) is 77.2 Å². The molecule has 3 heterocycles. The summed E-state index contributed by atoms with van der Waals surface area (Å²) in [6, 6.07) is 4.94. The zero-order valence-electron chi connectivity index (χ0n) is 25.9. The van der Waals surface area contributed by atoms with E-state index in [1.54, 1.807) is 39.0 Å². The number of aliphatic hydroxyl groups is 2. The number of hydrogen-bond acceptors (Lipinski definition) is 12. The van der Waals surface area contributed by atoms with Crippen LogP contribution in [0.1, 0.15) is 50.4 Å². The van der Waals surface area contributed by atoms with Gasteiger partial charge in [-0.25, -0.2) is 14.4 Å². The van der Waals surface area contributed by atoms with E-state index in [2.05, 4.69) is 10.1 Å². The van der Waals surface area contributed by atoms with Gasteiger partial charge in [-0.1, -0.05) is 20.8 Å². The first-order valence-electron chi connectivity index (χ1n) is 14.5. The molecule has 1 fully saturated rings. The number of nitrogens with one attached hydrogen (secondary N) is 1. The number of ketones is 1. The van der Waals surface area contributed by atoms with Crippen LogP contribution in [0.3, 0.4) is 0 Å². The average molecular weight is 688 g/mol. The number of esters is 1. The maximum atomic E-state index is 15.0. The van der Waals surface area contributed by atoms with Crippen LogP contribution in [0.2, 0.25) is 0 Å². The van der Waals surface area contributed by atoms with Crippen LogP contribution < -0.4 is 15.5 Å². The number of fused-ring (bicyclic) bond motifs is 1. The van der Waals surface area contributed by atoms with Crippen molar-refractivity contribution in [3.05, 3.63) is 58.0 Å². The third-order valence-corrected chi connectivity index (χ3v) is 8.53. The van der Waals surface area contributed by atoms with Crippen LogP contribution >= 0.6 is 7.75 Å². The van der Waals surface area contributed by atoms with Crippen molar-refractivity contribution in [1.82, 2.24) is 14.6 Å². The van der Waals surface area contributed by atoms with Gasteiger partial charge in [0.1, 0.15) is 35.6 Å². The summed E-state index contributed by atoms with van der Waals surface area (Å²) in [6.07, 6.45) is -6.27. The van der Waals surface area contributed by atoms with E-state index in [1.807, 2.05) is 0 Å². The molecule has 3 aromatic rings. The Bertz CT molecular complexity index is 1710. The minimum atomic E-state index is -4.71. The predicted molar refractivity (Wildman–Crippen MR) is 158 cm³/mol. The van der Waals surface area contributed by atoms with Crippen LogP contribution in [0, 0.1) is 5.92 Å². The molecule has 1 saturated heterocycles. The van der Waals surface area contributed by atoms with Gasteiger partial charge in [0.2, 0.25) is 6.23 Å². The number of hydrogen-bond donors (Lipinski definition) is 4. The Kier molecular flexibility index (Phi) is 11.3. The van der Waals surface area contributed by atoms with Crippen molar-refractivity contribution in [3.63, 3.8) is 0 Å². The summed E-state index contributed by atoms with van der Waals surface area (Å²) in [5.74, 6) is -4.86. The van der Waals surface area contributed by atoms with Gasteiger partial charge in [-0.15, -0.1) is 0 Å². The quantitative estimate of drug-likeness (QED) is 0.134. The minimum Gasteiger partial charge on any atom is -0.497 e. The van der Waals surface area contributed by atoms with Gasteiger partial charge in [0.15, 0.2) is 6.10 Å². The van der Waals surface area contributed by atoms with Gasteiger partial charge in [0.05, 0.1) is 38.5 Å². The van der Waals surface area contributed by atoms with Gasteiger partial charge in [-0.3, -0.25) is 18.7 Å². The highest BCUT2D eigenvalue weighted by molar-refractivity contribution is 7.50. The Morgan fingerprint density at radius 1 is 1.26 bits per heavy atom. The molecular weight excluding hydrogens is 651 g/mol. The standard InChI is InChI=1S/C29H36F2N3O12P/c1-5-21(36)24(15(2)3)33-47(40,41)44-14-22-26(38)29(30,31)27(46-22)34-7-6-18(32-28(34)39)11-23(37)43-13-20-9-16-8-19(42-4)10-17(12-35)25(16)45-20/h6-10,15,22,24,26-27,35,38H,5,11-14H2,1-4H3,(H2,33,40,41)/t22?,24-,26+,27+/m0/s1. The molecule has 47 heavy (non-hydrogen) atoms. The number of aliphatic hydroxyl groups excluding tert-OH is 2. The number of furan rings is 1. The number of Topliss-reactive ketones (excluding diaryl/α,β-unsaturated/α-hetero) is 1. The molecular formula is C29H36F2N3O12P. The lowest BCUT2D eigenvalue weighted by molar-refractivity contribution is -0.144. The van der Waals surface area contributed by atoms with Crippen molar-refractivity contribution < 1.29 is 61.2 Å². The van der Waals surface area contributed by atoms with Gasteiger partial charge < -0.3 is 33.7 Å². The van der Waals surface area contributed by atoms with Gasteiger partial charge >= 0.3 is 25.3 Å². The minimum absolute atomic E-state index is 0.0720. The summed E-state index contributed by atoms with van der Waals surface area (Å²) in [7, 11) is -3.24. The second-order valence-corrected chi connectivity index (χ2v) is 12.7. The van der Waals surface area contributed by atoms with Gasteiger partial charge in [-0.2, -0.15) is 13.8 Å². The number of alkyl halides is 2. The van der Waals surface area contributed by atoms with E-state index in [0.717, 1.165) is 12.3 Å². The number of halogens is 2. The number of carbonyl (C=O) groups excluding carboxylic acids is 2. The molecule has 5 atom stereocenters. The highest BCUT2D eigenvalue weighted by Crippen LogP contribution is 2.45. The summed E-state index contributed by atoms with van der Waals surface area (Å²) in [5, 5.41) is 22.6. The second kappa shape index (κ2) is 14.7. The van der Waals surface area contributed by atoms with E-state index in [0.29, 0.717) is 26.8 Å². The summed E-state index contributed by atoms with van der Waals surface area (Å²) in [4.78, 5) is 51.1. The predicted octanol–water partition coefficient (Wildman–Crippen LogP) is 2.38. The summed E-state index contributed by atoms with van der Waals surface area (Å²) < 4.78 is 69.1. The molecule has 1 aromatic carbocycles. The summed E-state index contributed by atoms with van der Waals surface area (Å²) >= 11 is 0. The van der Waals surface area contributed by atoms with Crippen LogP contribution in [0.5, 0.6) is 5.75 Å². The lowest BCUT2D eigenvalue weighted by Gasteiger charge is -2.24. The third-order valence-electron chi connectivity index (χ3n) is 7.42. The lowest BCUT2D eigenvalue weighted by atomic mass is 10.00. The van der Waals surface area contributed by atoms with E-state index < -0.39 is 62.8 Å². The van der Waals surface area contributed by atoms with Crippen LogP contribution in [0.25, 0.3) is 11.0 Å². The van der Waals surface area contributed by atoms with Crippen LogP contribution in [-0.2, 0) is 47.8 Å². The van der Waals surface area contributed by atoms with E-state index in [-0.39, 0.29) is 42.8 Å². The van der Waals surface area contributed by atoms with Gasteiger partial charge in [0, 0.05) is 23.6 Å². The lowest BCUT2D eigenvalue weighted by Crippen LogP contribution is -2.42. The molecule has 1 aliphatic rings. The average Bonchev–Trinajstić information content (AvgIpc) is 3.54. The zero-order chi connectivity index (χ0) is 34.7. The van der Waals surface area contributed by atoms with Crippen molar-refractivity contribution in [1.29, 1.82) is 0 Å². The smallest absolute Gasteiger partial charge is 0.403 e. The Morgan fingerprint density at radius 2 is 1.98 bits per heavy atom. The third kappa shape index (κ3) is 8.30. The van der Waals surface area contributed by atoms with Crippen molar-refractivity contribution in [2.24, 2.45) is 5.92 Å². The molecule has 4 N–H and O–H groups in total. The normalized spacial score (nSPS) is 21.1. The highest BCUT2D eigenvalue weighted by Gasteiger charge is 2.60. The maximum Gasteiger partial charge on any atom is 0.403 e. The molecule has 1 aliphatic heterocycles. The molecule has 2 aromatic heterocycles. The number of carbonyl (C=O) groups is 2. The molecule has 0 radical (unpaired) electrons. The molecule has 4 rings (SSSR count). The van der Waals surface area contributed by atoms with Crippen molar-refractivity contribution >= 4 is 30.5 Å². The number of methoxy groups -OCH3 is 1. The van der Waals surface area contributed by atoms with Crippen LogP contribution in [0.4, 0.5) is 8.78 Å².